The van der Waals surface area contributed by atoms with Gasteiger partial charge in [0, 0.05) is 32.0 Å². The number of piperidine rings is 2. The van der Waals surface area contributed by atoms with E-state index < -0.39 is 0 Å². The summed E-state index contributed by atoms with van der Waals surface area (Å²) in [6.07, 6.45) is 4.62. The molecule has 2 aliphatic rings. The molecule has 1 aromatic heterocycles. The molecular formula is C15H20N2O3. The van der Waals surface area contributed by atoms with Crippen molar-refractivity contribution in [2.75, 3.05) is 13.1 Å². The first-order chi connectivity index (χ1) is 9.69. The van der Waals surface area contributed by atoms with Gasteiger partial charge in [0.1, 0.15) is 5.76 Å². The summed E-state index contributed by atoms with van der Waals surface area (Å²) >= 11 is 0. The smallest absolute Gasteiger partial charge is 0.257 e. The number of hydrogen-bond donors (Lipinski definition) is 1. The summed E-state index contributed by atoms with van der Waals surface area (Å²) in [6, 6.07) is 2.01. The Kier molecular flexibility index (Phi) is 3.51. The molecule has 0 spiro atoms. The molecule has 2 atom stereocenters. The summed E-state index contributed by atoms with van der Waals surface area (Å²) in [5, 5.41) is 3.04. The third kappa shape index (κ3) is 2.32. The fraction of sp³-hybridized carbons (Fsp3) is 0.600. The Hall–Kier alpha value is -1.78. The first kappa shape index (κ1) is 13.2. The minimum atomic E-state index is 0.0611. The van der Waals surface area contributed by atoms with Gasteiger partial charge in [-0.05, 0) is 24.8 Å². The van der Waals surface area contributed by atoms with Gasteiger partial charge in [0.25, 0.3) is 5.91 Å². The van der Waals surface area contributed by atoms with Crippen LogP contribution in [0.3, 0.4) is 0 Å². The molecule has 108 valence electrons. The standard InChI is InChI=1S/C15H20N2O3/c1-2-13-11(6-8-20-13)15(19)17-7-5-12-10(9-17)3-4-14(18)16-12/h6,8,10,12H,2-5,7,9H2,1H3,(H,16,18). The topological polar surface area (TPSA) is 62.6 Å². The molecule has 3 rings (SSSR count). The minimum absolute atomic E-state index is 0.0611. The monoisotopic (exact) mass is 276 g/mol. The lowest BCUT2D eigenvalue weighted by molar-refractivity contribution is -0.125. The van der Waals surface area contributed by atoms with E-state index in [1.165, 1.54) is 0 Å². The first-order valence-corrected chi connectivity index (χ1v) is 7.34. The maximum atomic E-state index is 12.6. The fourth-order valence-electron chi connectivity index (χ4n) is 3.27. The minimum Gasteiger partial charge on any atom is -0.469 e. The van der Waals surface area contributed by atoms with Crippen LogP contribution in [0.5, 0.6) is 0 Å². The van der Waals surface area contributed by atoms with Crippen LogP contribution in [0, 0.1) is 5.92 Å². The summed E-state index contributed by atoms with van der Waals surface area (Å²) in [7, 11) is 0. The molecule has 3 heterocycles. The number of nitrogens with zero attached hydrogens (tertiary/aromatic N) is 1. The molecule has 5 nitrogen and oxygen atoms in total. The summed E-state index contributed by atoms with van der Waals surface area (Å²) < 4.78 is 5.34. The molecule has 0 radical (unpaired) electrons. The summed E-state index contributed by atoms with van der Waals surface area (Å²) in [5.41, 5.74) is 0.686. The van der Waals surface area contributed by atoms with Crippen molar-refractivity contribution in [2.24, 2.45) is 5.92 Å². The van der Waals surface area contributed by atoms with Crippen molar-refractivity contribution in [3.8, 4) is 0 Å². The van der Waals surface area contributed by atoms with E-state index in [9.17, 15) is 9.59 Å². The summed E-state index contributed by atoms with van der Waals surface area (Å²) in [6.45, 7) is 3.42. The number of rotatable bonds is 2. The molecule has 0 bridgehead atoms. The highest BCUT2D eigenvalue weighted by Gasteiger charge is 2.36. The van der Waals surface area contributed by atoms with Crippen LogP contribution >= 0.6 is 0 Å². The zero-order valence-electron chi connectivity index (χ0n) is 11.7. The van der Waals surface area contributed by atoms with Crippen molar-refractivity contribution in [1.82, 2.24) is 10.2 Å². The van der Waals surface area contributed by atoms with Crippen molar-refractivity contribution in [3.63, 3.8) is 0 Å². The van der Waals surface area contributed by atoms with Crippen LogP contribution in [-0.2, 0) is 11.2 Å². The molecule has 2 saturated heterocycles. The van der Waals surface area contributed by atoms with E-state index in [0.717, 1.165) is 31.6 Å². The van der Waals surface area contributed by atoms with E-state index in [2.05, 4.69) is 5.32 Å². The van der Waals surface area contributed by atoms with Crippen LogP contribution in [0.2, 0.25) is 0 Å². The predicted octanol–water partition coefficient (Wildman–Crippen LogP) is 1.58. The van der Waals surface area contributed by atoms with Crippen LogP contribution in [0.4, 0.5) is 0 Å². The van der Waals surface area contributed by atoms with Gasteiger partial charge >= 0.3 is 0 Å². The van der Waals surface area contributed by atoms with Crippen molar-refractivity contribution < 1.29 is 14.0 Å². The highest BCUT2D eigenvalue weighted by molar-refractivity contribution is 5.95. The average Bonchev–Trinajstić information content (AvgIpc) is 2.94. The number of hydrogen-bond acceptors (Lipinski definition) is 3. The Labute approximate surface area is 118 Å². The maximum absolute atomic E-state index is 12.6. The van der Waals surface area contributed by atoms with Gasteiger partial charge in [-0.1, -0.05) is 6.92 Å². The van der Waals surface area contributed by atoms with Crippen LogP contribution in [0.15, 0.2) is 16.7 Å². The zero-order valence-corrected chi connectivity index (χ0v) is 11.7. The van der Waals surface area contributed by atoms with Gasteiger partial charge in [0.05, 0.1) is 11.8 Å². The fourth-order valence-corrected chi connectivity index (χ4v) is 3.27. The molecule has 5 heteroatoms. The number of carbonyl (C=O) groups excluding carboxylic acids is 2. The number of fused-ring (bicyclic) bond motifs is 1. The van der Waals surface area contributed by atoms with E-state index >= 15 is 0 Å². The summed E-state index contributed by atoms with van der Waals surface area (Å²) in [4.78, 5) is 25.9. The SMILES string of the molecule is CCc1occc1C(=O)N1CCC2NC(=O)CCC2C1. The van der Waals surface area contributed by atoms with Gasteiger partial charge in [-0.25, -0.2) is 0 Å². The Morgan fingerprint density at radius 2 is 2.35 bits per heavy atom. The number of aryl methyl sites for hydroxylation is 1. The van der Waals surface area contributed by atoms with Gasteiger partial charge < -0.3 is 14.6 Å². The van der Waals surface area contributed by atoms with E-state index in [4.69, 9.17) is 4.42 Å². The molecule has 0 aromatic carbocycles. The van der Waals surface area contributed by atoms with E-state index in [0.29, 0.717) is 24.4 Å². The van der Waals surface area contributed by atoms with Crippen molar-refractivity contribution in [3.05, 3.63) is 23.7 Å². The molecule has 0 aliphatic carbocycles. The van der Waals surface area contributed by atoms with Gasteiger partial charge in [-0.2, -0.15) is 0 Å². The lowest BCUT2D eigenvalue weighted by Gasteiger charge is -2.41. The zero-order chi connectivity index (χ0) is 14.1. The van der Waals surface area contributed by atoms with Crippen molar-refractivity contribution in [2.45, 2.75) is 38.6 Å². The molecule has 0 saturated carbocycles. The maximum Gasteiger partial charge on any atom is 0.257 e. The van der Waals surface area contributed by atoms with Crippen molar-refractivity contribution >= 4 is 11.8 Å². The van der Waals surface area contributed by atoms with Crippen LogP contribution < -0.4 is 5.32 Å². The van der Waals surface area contributed by atoms with Crippen molar-refractivity contribution in [1.29, 1.82) is 0 Å². The van der Waals surface area contributed by atoms with Gasteiger partial charge in [0.2, 0.25) is 5.91 Å². The largest absolute Gasteiger partial charge is 0.469 e. The normalized spacial score (nSPS) is 26.1. The molecule has 2 aliphatic heterocycles. The number of furan rings is 1. The molecular weight excluding hydrogens is 256 g/mol. The first-order valence-electron chi connectivity index (χ1n) is 7.34. The second kappa shape index (κ2) is 5.31. The van der Waals surface area contributed by atoms with Crippen LogP contribution in [-0.4, -0.2) is 35.8 Å². The highest BCUT2D eigenvalue weighted by Crippen LogP contribution is 2.27. The van der Waals surface area contributed by atoms with Crippen LogP contribution in [0.25, 0.3) is 0 Å². The second-order valence-corrected chi connectivity index (χ2v) is 5.62. The number of amides is 2. The molecule has 2 fully saturated rings. The average molecular weight is 276 g/mol. The predicted molar refractivity (Wildman–Crippen MR) is 73.3 cm³/mol. The van der Waals surface area contributed by atoms with Gasteiger partial charge in [-0.3, -0.25) is 9.59 Å². The van der Waals surface area contributed by atoms with E-state index in [1.807, 2.05) is 11.8 Å². The molecule has 1 aromatic rings. The van der Waals surface area contributed by atoms with E-state index in [-0.39, 0.29) is 17.9 Å². The lowest BCUT2D eigenvalue weighted by Crippen LogP contribution is -2.55. The molecule has 20 heavy (non-hydrogen) atoms. The number of carbonyl (C=O) groups is 2. The highest BCUT2D eigenvalue weighted by atomic mass is 16.3. The molecule has 2 unspecified atom stereocenters. The number of likely N-dealkylation sites (tertiary alicyclic amines) is 1. The van der Waals surface area contributed by atoms with Crippen LogP contribution in [0.1, 0.15) is 42.3 Å². The summed E-state index contributed by atoms with van der Waals surface area (Å²) in [5.74, 6) is 1.36. The lowest BCUT2D eigenvalue weighted by atomic mass is 9.85. The van der Waals surface area contributed by atoms with E-state index in [1.54, 1.807) is 12.3 Å². The quantitative estimate of drug-likeness (QED) is 0.892. The number of nitrogens with one attached hydrogen (secondary N) is 1. The van der Waals surface area contributed by atoms with Gasteiger partial charge in [0.15, 0.2) is 0 Å². The molecule has 1 N–H and O–H groups in total. The Bertz CT molecular complexity index is 523. The second-order valence-electron chi connectivity index (χ2n) is 5.62. The molecule has 2 amide bonds. The van der Waals surface area contributed by atoms with Gasteiger partial charge in [-0.15, -0.1) is 0 Å². The third-order valence-electron chi connectivity index (χ3n) is 4.41. The Morgan fingerprint density at radius 1 is 1.50 bits per heavy atom. The Morgan fingerprint density at radius 3 is 3.15 bits per heavy atom. The Balaban J connectivity index is 1.70. The third-order valence-corrected chi connectivity index (χ3v) is 4.41.